The summed E-state index contributed by atoms with van der Waals surface area (Å²) in [4.78, 5) is 5.03. The molecule has 0 aliphatic heterocycles. The van der Waals surface area contributed by atoms with Gasteiger partial charge in [-0.15, -0.1) is 0 Å². The lowest BCUT2D eigenvalue weighted by Gasteiger charge is -2.36. The number of imidazole rings is 1. The molecule has 1 heterocycles. The van der Waals surface area contributed by atoms with Gasteiger partial charge in [0.05, 0.1) is 11.0 Å². The van der Waals surface area contributed by atoms with E-state index in [0.29, 0.717) is 6.04 Å². The van der Waals surface area contributed by atoms with Crippen LogP contribution in [0.25, 0.3) is 22.4 Å². The van der Waals surface area contributed by atoms with Gasteiger partial charge in [-0.25, -0.2) is 4.98 Å². The number of para-hydroxylation sites is 2. The fourth-order valence-corrected chi connectivity index (χ4v) is 5.64. The van der Waals surface area contributed by atoms with E-state index in [1.54, 1.807) is 0 Å². The molecule has 0 atom stereocenters. The summed E-state index contributed by atoms with van der Waals surface area (Å²) in [6.45, 7) is 0. The van der Waals surface area contributed by atoms with Crippen LogP contribution in [-0.2, 0) is 0 Å². The molecule has 2 heteroatoms. The Hall–Kier alpha value is -2.09. The van der Waals surface area contributed by atoms with Crippen LogP contribution in [0.3, 0.4) is 0 Å². The van der Waals surface area contributed by atoms with Gasteiger partial charge in [0.25, 0.3) is 0 Å². The minimum atomic E-state index is 0.590. The molecule has 2 fully saturated rings. The van der Waals surface area contributed by atoms with Crippen molar-refractivity contribution in [2.45, 2.75) is 63.8 Å². The second-order valence-corrected chi connectivity index (χ2v) is 8.63. The van der Waals surface area contributed by atoms with Crippen LogP contribution in [0.1, 0.15) is 63.8 Å². The molecule has 2 aliphatic rings. The van der Waals surface area contributed by atoms with E-state index in [4.69, 9.17) is 4.98 Å². The summed E-state index contributed by atoms with van der Waals surface area (Å²) in [6.07, 6.45) is 12.8. The van der Waals surface area contributed by atoms with Gasteiger partial charge in [0, 0.05) is 11.6 Å². The first-order chi connectivity index (χ1) is 13.4. The van der Waals surface area contributed by atoms with E-state index >= 15 is 0 Å². The van der Waals surface area contributed by atoms with Gasteiger partial charge < -0.3 is 4.57 Å². The van der Waals surface area contributed by atoms with E-state index in [9.17, 15) is 0 Å². The molecule has 5 rings (SSSR count). The van der Waals surface area contributed by atoms with Crippen LogP contribution < -0.4 is 0 Å². The minimum Gasteiger partial charge on any atom is -0.321 e. The quantitative estimate of drug-likeness (QED) is 0.492. The third-order valence-electron chi connectivity index (χ3n) is 7.05. The van der Waals surface area contributed by atoms with Crippen molar-refractivity contribution in [3.63, 3.8) is 0 Å². The number of fused-ring (bicyclic) bond motifs is 1. The summed E-state index contributed by atoms with van der Waals surface area (Å²) in [6, 6.07) is 20.0. The maximum absolute atomic E-state index is 5.03. The monoisotopic (exact) mass is 358 g/mol. The standard InChI is InChI=1S/C25H30N2/c1-3-9-19(10-4-1)20-15-17-22(18-16-20)27-24-14-8-7-13-23(24)26-25(27)21-11-5-2-6-12-21/h2,5-8,11-14,19-20,22H,1,3-4,9-10,15-18H2. The van der Waals surface area contributed by atoms with Crippen LogP contribution >= 0.6 is 0 Å². The highest BCUT2D eigenvalue weighted by Gasteiger charge is 2.30. The number of aromatic nitrogens is 2. The Labute approximate surface area is 162 Å². The Morgan fingerprint density at radius 1 is 0.667 bits per heavy atom. The normalized spacial score (nSPS) is 24.3. The first kappa shape index (κ1) is 17.0. The van der Waals surface area contributed by atoms with Crippen molar-refractivity contribution in [2.75, 3.05) is 0 Å². The van der Waals surface area contributed by atoms with E-state index in [1.165, 1.54) is 68.9 Å². The highest BCUT2D eigenvalue weighted by Crippen LogP contribution is 2.43. The van der Waals surface area contributed by atoms with Crippen molar-refractivity contribution >= 4 is 11.0 Å². The van der Waals surface area contributed by atoms with E-state index < -0.39 is 0 Å². The van der Waals surface area contributed by atoms with Gasteiger partial charge in [-0.1, -0.05) is 74.6 Å². The summed E-state index contributed by atoms with van der Waals surface area (Å²) < 4.78 is 2.56. The van der Waals surface area contributed by atoms with Crippen molar-refractivity contribution < 1.29 is 0 Å². The molecule has 0 radical (unpaired) electrons. The van der Waals surface area contributed by atoms with Gasteiger partial charge in [-0.3, -0.25) is 0 Å². The summed E-state index contributed by atoms with van der Waals surface area (Å²) in [5.41, 5.74) is 3.67. The molecule has 0 saturated heterocycles. The highest BCUT2D eigenvalue weighted by atomic mass is 15.1. The van der Waals surface area contributed by atoms with E-state index in [2.05, 4.69) is 59.2 Å². The fraction of sp³-hybridized carbons (Fsp3) is 0.480. The van der Waals surface area contributed by atoms with E-state index in [0.717, 1.165) is 23.2 Å². The zero-order chi connectivity index (χ0) is 18.1. The van der Waals surface area contributed by atoms with Crippen molar-refractivity contribution in [3.8, 4) is 11.4 Å². The van der Waals surface area contributed by atoms with Crippen LogP contribution in [0.2, 0.25) is 0 Å². The van der Waals surface area contributed by atoms with Gasteiger partial charge >= 0.3 is 0 Å². The maximum Gasteiger partial charge on any atom is 0.141 e. The number of hydrogen-bond acceptors (Lipinski definition) is 1. The molecule has 0 bridgehead atoms. The second-order valence-electron chi connectivity index (χ2n) is 8.63. The van der Waals surface area contributed by atoms with Crippen LogP contribution in [0, 0.1) is 11.8 Å². The van der Waals surface area contributed by atoms with E-state index in [1.807, 2.05) is 0 Å². The van der Waals surface area contributed by atoms with Gasteiger partial charge in [0.15, 0.2) is 0 Å². The van der Waals surface area contributed by atoms with E-state index in [-0.39, 0.29) is 0 Å². The molecule has 140 valence electrons. The fourth-order valence-electron chi connectivity index (χ4n) is 5.64. The second kappa shape index (κ2) is 7.50. The molecule has 2 aliphatic carbocycles. The Morgan fingerprint density at radius 3 is 2.11 bits per heavy atom. The predicted molar refractivity (Wildman–Crippen MR) is 113 cm³/mol. The average molecular weight is 359 g/mol. The Bertz CT molecular complexity index is 881. The number of benzene rings is 2. The number of hydrogen-bond donors (Lipinski definition) is 0. The molecule has 2 nitrogen and oxygen atoms in total. The molecule has 1 aromatic heterocycles. The van der Waals surface area contributed by atoms with Crippen LogP contribution in [0.4, 0.5) is 0 Å². The lowest BCUT2D eigenvalue weighted by atomic mass is 9.72. The predicted octanol–water partition coefficient (Wildman–Crippen LogP) is 7.01. The lowest BCUT2D eigenvalue weighted by molar-refractivity contribution is 0.171. The molecule has 0 spiro atoms. The summed E-state index contributed by atoms with van der Waals surface area (Å²) in [7, 11) is 0. The molecule has 27 heavy (non-hydrogen) atoms. The Morgan fingerprint density at radius 2 is 1.33 bits per heavy atom. The zero-order valence-corrected chi connectivity index (χ0v) is 16.2. The van der Waals surface area contributed by atoms with Crippen LogP contribution in [-0.4, -0.2) is 9.55 Å². The van der Waals surface area contributed by atoms with Crippen molar-refractivity contribution in [3.05, 3.63) is 54.6 Å². The molecule has 2 saturated carbocycles. The smallest absolute Gasteiger partial charge is 0.141 e. The topological polar surface area (TPSA) is 17.8 Å². The van der Waals surface area contributed by atoms with Crippen LogP contribution in [0.5, 0.6) is 0 Å². The summed E-state index contributed by atoms with van der Waals surface area (Å²) in [5, 5.41) is 0. The zero-order valence-electron chi connectivity index (χ0n) is 16.2. The summed E-state index contributed by atoms with van der Waals surface area (Å²) in [5.74, 6) is 3.13. The molecule has 0 N–H and O–H groups in total. The van der Waals surface area contributed by atoms with Gasteiger partial charge in [0.2, 0.25) is 0 Å². The van der Waals surface area contributed by atoms with Crippen LogP contribution in [0.15, 0.2) is 54.6 Å². The highest BCUT2D eigenvalue weighted by molar-refractivity contribution is 5.80. The van der Waals surface area contributed by atoms with Gasteiger partial charge in [-0.2, -0.15) is 0 Å². The molecule has 0 unspecified atom stereocenters. The SMILES string of the molecule is c1ccc(-c2nc3ccccc3n2C2CCC(C3CCCCC3)CC2)cc1. The maximum atomic E-state index is 5.03. The largest absolute Gasteiger partial charge is 0.321 e. The van der Waals surface area contributed by atoms with Gasteiger partial charge in [0.1, 0.15) is 5.82 Å². The summed E-state index contributed by atoms with van der Waals surface area (Å²) >= 11 is 0. The molecule has 0 amide bonds. The molecule has 3 aromatic rings. The Kier molecular flexibility index (Phi) is 4.73. The molecular weight excluding hydrogens is 328 g/mol. The number of nitrogens with zero attached hydrogens (tertiary/aromatic N) is 2. The number of rotatable bonds is 3. The lowest BCUT2D eigenvalue weighted by Crippen LogP contribution is -2.25. The first-order valence-electron chi connectivity index (χ1n) is 10.9. The van der Waals surface area contributed by atoms with Crippen molar-refractivity contribution in [1.29, 1.82) is 0 Å². The third-order valence-corrected chi connectivity index (χ3v) is 7.05. The van der Waals surface area contributed by atoms with Gasteiger partial charge in [-0.05, 0) is 49.7 Å². The first-order valence-corrected chi connectivity index (χ1v) is 10.9. The molecular formula is C25H30N2. The Balaban J connectivity index is 1.44. The third kappa shape index (κ3) is 3.31. The average Bonchev–Trinajstić information content (AvgIpc) is 3.15. The van der Waals surface area contributed by atoms with Crippen molar-refractivity contribution in [1.82, 2.24) is 9.55 Å². The molecule has 2 aromatic carbocycles. The van der Waals surface area contributed by atoms with Crippen molar-refractivity contribution in [2.24, 2.45) is 11.8 Å². The minimum absolute atomic E-state index is 0.590.